The molecule has 0 aromatic heterocycles. The Balaban J connectivity index is 2.63. The Morgan fingerprint density at radius 3 is 2.57 bits per heavy atom. The van der Waals surface area contributed by atoms with E-state index in [1.54, 1.807) is 19.2 Å². The highest BCUT2D eigenvalue weighted by atomic mass is 19.1. The molecule has 0 aliphatic carbocycles. The van der Waals surface area contributed by atoms with Gasteiger partial charge in [-0.2, -0.15) is 0 Å². The van der Waals surface area contributed by atoms with Gasteiger partial charge in [0.2, 0.25) is 0 Å². The molecule has 1 N–H and O–H groups in total. The Morgan fingerprint density at radius 2 is 2.00 bits per heavy atom. The molecule has 1 aromatic carbocycles. The normalized spacial score (nSPS) is 13.7. The third-order valence-corrected chi connectivity index (χ3v) is 3.94. The van der Waals surface area contributed by atoms with Crippen LogP contribution in [0, 0.1) is 11.7 Å². The molecule has 0 aliphatic heterocycles. The predicted octanol–water partition coefficient (Wildman–Crippen LogP) is 4.19. The molecule has 0 saturated carbocycles. The van der Waals surface area contributed by atoms with Crippen LogP contribution in [0.1, 0.15) is 46.1 Å². The van der Waals surface area contributed by atoms with Gasteiger partial charge in [-0.1, -0.05) is 26.0 Å². The maximum atomic E-state index is 13.3. The number of hydrogen-bond acceptors (Lipinski definition) is 2. The third-order valence-electron chi connectivity index (χ3n) is 3.94. The zero-order valence-corrected chi connectivity index (χ0v) is 14.1. The Kier molecular flexibility index (Phi) is 7.33. The number of methoxy groups -OCH3 is 1. The lowest BCUT2D eigenvalue weighted by atomic mass is 9.90. The van der Waals surface area contributed by atoms with Crippen molar-refractivity contribution in [2.75, 3.05) is 13.7 Å². The van der Waals surface area contributed by atoms with E-state index in [2.05, 4.69) is 33.0 Å². The molecule has 0 saturated heterocycles. The van der Waals surface area contributed by atoms with E-state index in [0.717, 1.165) is 31.4 Å². The van der Waals surface area contributed by atoms with Gasteiger partial charge in [-0.15, -0.1) is 0 Å². The van der Waals surface area contributed by atoms with Crippen LogP contribution in [-0.4, -0.2) is 25.3 Å². The minimum absolute atomic E-state index is 0.0992. The molecule has 1 unspecified atom stereocenters. The summed E-state index contributed by atoms with van der Waals surface area (Å²) < 4.78 is 18.8. The van der Waals surface area contributed by atoms with Crippen LogP contribution in [0.3, 0.4) is 0 Å². The highest BCUT2D eigenvalue weighted by molar-refractivity contribution is 5.17. The third kappa shape index (κ3) is 7.58. The van der Waals surface area contributed by atoms with Gasteiger partial charge in [0.25, 0.3) is 0 Å². The van der Waals surface area contributed by atoms with E-state index in [4.69, 9.17) is 4.74 Å². The van der Waals surface area contributed by atoms with Crippen molar-refractivity contribution in [3.63, 3.8) is 0 Å². The summed E-state index contributed by atoms with van der Waals surface area (Å²) in [5, 5.41) is 3.50. The second-order valence-electron chi connectivity index (χ2n) is 6.77. The molecule has 0 fully saturated rings. The van der Waals surface area contributed by atoms with Crippen molar-refractivity contribution in [1.29, 1.82) is 0 Å². The van der Waals surface area contributed by atoms with E-state index in [1.165, 1.54) is 6.07 Å². The van der Waals surface area contributed by atoms with Crippen molar-refractivity contribution < 1.29 is 9.13 Å². The first-order chi connectivity index (χ1) is 9.82. The fraction of sp³-hybridized carbons (Fsp3) is 0.667. The van der Waals surface area contributed by atoms with Crippen molar-refractivity contribution in [3.8, 4) is 0 Å². The fourth-order valence-corrected chi connectivity index (χ4v) is 2.33. The summed E-state index contributed by atoms with van der Waals surface area (Å²) in [6.07, 6.45) is 2.97. The van der Waals surface area contributed by atoms with Crippen molar-refractivity contribution in [1.82, 2.24) is 5.32 Å². The van der Waals surface area contributed by atoms with Crippen molar-refractivity contribution in [2.24, 2.45) is 5.92 Å². The lowest BCUT2D eigenvalue weighted by molar-refractivity contribution is 0.0103. The van der Waals surface area contributed by atoms with Crippen molar-refractivity contribution in [3.05, 3.63) is 35.6 Å². The smallest absolute Gasteiger partial charge is 0.123 e. The van der Waals surface area contributed by atoms with Crippen molar-refractivity contribution >= 4 is 0 Å². The van der Waals surface area contributed by atoms with Crippen LogP contribution in [0.15, 0.2) is 24.3 Å². The van der Waals surface area contributed by atoms with Gasteiger partial charge in [-0.25, -0.2) is 4.39 Å². The minimum atomic E-state index is -0.153. The minimum Gasteiger partial charge on any atom is -0.379 e. The maximum Gasteiger partial charge on any atom is 0.123 e. The zero-order valence-electron chi connectivity index (χ0n) is 14.1. The average molecular weight is 295 g/mol. The van der Waals surface area contributed by atoms with Crippen LogP contribution in [0.2, 0.25) is 0 Å². The second kappa shape index (κ2) is 8.50. The predicted molar refractivity (Wildman–Crippen MR) is 87.1 cm³/mol. The lowest BCUT2D eigenvalue weighted by Gasteiger charge is -2.26. The summed E-state index contributed by atoms with van der Waals surface area (Å²) in [7, 11) is 1.76. The average Bonchev–Trinajstić information content (AvgIpc) is 2.42. The standard InChI is InChI=1S/C18H30FNO/c1-14(2)20-13-16(9-10-18(3,4)21-5)11-15-7-6-8-17(19)12-15/h6-8,12,14,16,20H,9-11,13H2,1-5H3. The molecule has 1 rings (SSSR count). The van der Waals surface area contributed by atoms with Gasteiger partial charge in [-0.05, 0) is 63.3 Å². The van der Waals surface area contributed by atoms with Gasteiger partial charge in [0.15, 0.2) is 0 Å². The number of rotatable bonds is 9. The molecule has 0 spiro atoms. The van der Waals surface area contributed by atoms with Crippen LogP contribution in [0.4, 0.5) is 4.39 Å². The Morgan fingerprint density at radius 1 is 1.29 bits per heavy atom. The molecule has 3 heteroatoms. The summed E-state index contributed by atoms with van der Waals surface area (Å²) in [5.41, 5.74) is 0.971. The number of hydrogen-bond donors (Lipinski definition) is 1. The zero-order chi connectivity index (χ0) is 15.9. The molecule has 120 valence electrons. The van der Waals surface area contributed by atoms with Crippen LogP contribution in [0.25, 0.3) is 0 Å². The van der Waals surface area contributed by atoms with Gasteiger partial charge < -0.3 is 10.1 Å². The van der Waals surface area contributed by atoms with E-state index >= 15 is 0 Å². The Labute approximate surface area is 129 Å². The van der Waals surface area contributed by atoms with E-state index in [0.29, 0.717) is 12.0 Å². The molecular weight excluding hydrogens is 265 g/mol. The number of nitrogens with one attached hydrogen (secondary N) is 1. The number of halogens is 1. The summed E-state index contributed by atoms with van der Waals surface area (Å²) in [5.74, 6) is 0.337. The molecule has 21 heavy (non-hydrogen) atoms. The molecule has 1 aromatic rings. The SMILES string of the molecule is COC(C)(C)CCC(CNC(C)C)Cc1cccc(F)c1. The number of benzene rings is 1. The van der Waals surface area contributed by atoms with E-state index in [-0.39, 0.29) is 11.4 Å². The van der Waals surface area contributed by atoms with Crippen LogP contribution < -0.4 is 5.32 Å². The van der Waals surface area contributed by atoms with Crippen molar-refractivity contribution in [2.45, 2.75) is 58.6 Å². The van der Waals surface area contributed by atoms with Crippen LogP contribution in [-0.2, 0) is 11.2 Å². The summed E-state index contributed by atoms with van der Waals surface area (Å²) >= 11 is 0. The summed E-state index contributed by atoms with van der Waals surface area (Å²) in [6.45, 7) is 9.48. The maximum absolute atomic E-state index is 13.3. The molecule has 0 bridgehead atoms. The van der Waals surface area contributed by atoms with Crippen LogP contribution >= 0.6 is 0 Å². The van der Waals surface area contributed by atoms with Gasteiger partial charge in [-0.3, -0.25) is 0 Å². The molecule has 0 heterocycles. The van der Waals surface area contributed by atoms with E-state index < -0.39 is 0 Å². The fourth-order valence-electron chi connectivity index (χ4n) is 2.33. The van der Waals surface area contributed by atoms with E-state index in [1.807, 2.05) is 6.07 Å². The first-order valence-electron chi connectivity index (χ1n) is 7.85. The highest BCUT2D eigenvalue weighted by Crippen LogP contribution is 2.22. The molecule has 1 atom stereocenters. The Bertz CT molecular complexity index is 417. The Hall–Kier alpha value is -0.930. The van der Waals surface area contributed by atoms with Gasteiger partial charge in [0, 0.05) is 13.2 Å². The first-order valence-corrected chi connectivity index (χ1v) is 7.85. The monoisotopic (exact) mass is 295 g/mol. The van der Waals surface area contributed by atoms with Gasteiger partial charge in [0.1, 0.15) is 5.82 Å². The molecular formula is C18H30FNO. The summed E-state index contributed by atoms with van der Waals surface area (Å²) in [4.78, 5) is 0. The topological polar surface area (TPSA) is 21.3 Å². The van der Waals surface area contributed by atoms with Crippen LogP contribution in [0.5, 0.6) is 0 Å². The quantitative estimate of drug-likeness (QED) is 0.737. The van der Waals surface area contributed by atoms with Gasteiger partial charge >= 0.3 is 0 Å². The van der Waals surface area contributed by atoms with E-state index in [9.17, 15) is 4.39 Å². The second-order valence-corrected chi connectivity index (χ2v) is 6.77. The number of ether oxygens (including phenoxy) is 1. The lowest BCUT2D eigenvalue weighted by Crippen LogP contribution is -2.32. The highest BCUT2D eigenvalue weighted by Gasteiger charge is 2.20. The largest absolute Gasteiger partial charge is 0.379 e. The molecule has 0 aliphatic rings. The molecule has 0 radical (unpaired) electrons. The molecule has 0 amide bonds. The first kappa shape index (κ1) is 18.1. The van der Waals surface area contributed by atoms with Gasteiger partial charge in [0.05, 0.1) is 5.60 Å². The summed E-state index contributed by atoms with van der Waals surface area (Å²) in [6, 6.07) is 7.40. The molecule has 2 nitrogen and oxygen atoms in total.